The molecule has 0 spiro atoms. The molecule has 3 aromatic rings. The first-order valence-corrected chi connectivity index (χ1v) is 9.58. The number of hydrogen-bond donors (Lipinski definition) is 1. The molecule has 1 aliphatic rings. The Kier molecular flexibility index (Phi) is 5.52. The normalized spacial score (nSPS) is 15.8. The molecule has 6 nitrogen and oxygen atoms in total. The van der Waals surface area contributed by atoms with Crippen molar-refractivity contribution >= 4 is 34.9 Å². The molecule has 1 aliphatic heterocycles. The van der Waals surface area contributed by atoms with Crippen LogP contribution in [0.1, 0.15) is 0 Å². The fourth-order valence-corrected chi connectivity index (χ4v) is 3.62. The Morgan fingerprint density at radius 1 is 1.04 bits per heavy atom. The molecule has 4 rings (SSSR count). The molecule has 0 radical (unpaired) electrons. The first kappa shape index (κ1) is 18.8. The Labute approximate surface area is 167 Å². The smallest absolute Gasteiger partial charge is 0.270 e. The van der Waals surface area contributed by atoms with Crippen molar-refractivity contribution in [1.82, 2.24) is 14.4 Å². The summed E-state index contributed by atoms with van der Waals surface area (Å²) in [5.41, 5.74) is 2.39. The number of halogens is 1. The Hall–Kier alpha value is -2.55. The monoisotopic (exact) mass is 400 g/mol. The van der Waals surface area contributed by atoms with E-state index in [1.54, 1.807) is 12.1 Å². The molecule has 0 unspecified atom stereocenters. The fraction of sp³-hybridized carbons (Fsp3) is 0.300. The van der Waals surface area contributed by atoms with Gasteiger partial charge in [0.05, 0.1) is 18.7 Å². The van der Waals surface area contributed by atoms with E-state index in [1.165, 1.54) is 12.1 Å². The van der Waals surface area contributed by atoms with Crippen LogP contribution < -0.4 is 5.32 Å². The third-order valence-electron chi connectivity index (χ3n) is 4.88. The highest BCUT2D eigenvalue weighted by Gasteiger charge is 2.20. The van der Waals surface area contributed by atoms with E-state index < -0.39 is 0 Å². The van der Waals surface area contributed by atoms with E-state index in [0.717, 1.165) is 37.3 Å². The van der Waals surface area contributed by atoms with Gasteiger partial charge in [0.15, 0.2) is 5.58 Å². The number of fused-ring (bicyclic) bond motifs is 1. The van der Waals surface area contributed by atoms with Crippen molar-refractivity contribution in [2.45, 2.75) is 6.67 Å². The average Bonchev–Trinajstić information content (AvgIpc) is 3.00. The summed E-state index contributed by atoms with van der Waals surface area (Å²) >= 11 is 5.35. The summed E-state index contributed by atoms with van der Waals surface area (Å²) < 4.78 is 20.6. The summed E-state index contributed by atoms with van der Waals surface area (Å²) in [6.07, 6.45) is 0. The van der Waals surface area contributed by atoms with Crippen molar-refractivity contribution in [3.05, 3.63) is 59.2 Å². The van der Waals surface area contributed by atoms with Crippen molar-refractivity contribution in [3.63, 3.8) is 0 Å². The maximum atomic E-state index is 12.9. The summed E-state index contributed by atoms with van der Waals surface area (Å²) in [4.78, 5) is 17.1. The maximum absolute atomic E-state index is 12.9. The van der Waals surface area contributed by atoms with Gasteiger partial charge in [0, 0.05) is 31.9 Å². The Bertz CT molecular complexity index is 1020. The number of nitrogens with zero attached hydrogens (tertiary/aromatic N) is 3. The van der Waals surface area contributed by atoms with Gasteiger partial charge in [0.1, 0.15) is 5.82 Å². The van der Waals surface area contributed by atoms with E-state index in [2.05, 4.69) is 15.1 Å². The topological polar surface area (TPSA) is 53.7 Å². The van der Waals surface area contributed by atoms with Crippen molar-refractivity contribution in [2.75, 3.05) is 38.0 Å². The molecule has 0 saturated carbocycles. The van der Waals surface area contributed by atoms with Gasteiger partial charge in [-0.25, -0.2) is 4.39 Å². The standard InChI is InChI=1S/C20H21FN4O2S/c21-15-5-7-16(8-6-15)22-19(26)13-23-9-11-24(12-10-23)14-25-17-3-1-2-4-18(17)27-20(25)28/h1-8H,9-14H2,(H,22,26). The van der Waals surface area contributed by atoms with Gasteiger partial charge in [-0.1, -0.05) is 12.1 Å². The van der Waals surface area contributed by atoms with Crippen molar-refractivity contribution < 1.29 is 13.6 Å². The molecule has 0 aliphatic carbocycles. The van der Waals surface area contributed by atoms with Crippen LogP contribution in [0.5, 0.6) is 0 Å². The number of anilines is 1. The Balaban J connectivity index is 1.29. The molecular formula is C20H21FN4O2S. The van der Waals surface area contributed by atoms with Gasteiger partial charge >= 0.3 is 0 Å². The Morgan fingerprint density at radius 3 is 2.46 bits per heavy atom. The Morgan fingerprint density at radius 2 is 1.71 bits per heavy atom. The van der Waals surface area contributed by atoms with Crippen LogP contribution in [0.15, 0.2) is 52.9 Å². The second-order valence-corrected chi connectivity index (χ2v) is 7.20. The lowest BCUT2D eigenvalue weighted by Crippen LogP contribution is -2.48. The molecule has 1 fully saturated rings. The first-order chi connectivity index (χ1) is 13.6. The van der Waals surface area contributed by atoms with Gasteiger partial charge in [0.25, 0.3) is 4.84 Å². The SMILES string of the molecule is O=C(CN1CCN(Cn2c(=S)oc3ccccc32)CC1)Nc1ccc(F)cc1. The van der Waals surface area contributed by atoms with Crippen LogP contribution in [-0.4, -0.2) is 53.0 Å². The van der Waals surface area contributed by atoms with Crippen molar-refractivity contribution in [3.8, 4) is 0 Å². The zero-order chi connectivity index (χ0) is 19.5. The summed E-state index contributed by atoms with van der Waals surface area (Å²) in [5.74, 6) is -0.414. The maximum Gasteiger partial charge on any atom is 0.270 e. The van der Waals surface area contributed by atoms with Gasteiger partial charge in [-0.2, -0.15) is 0 Å². The third kappa shape index (κ3) is 4.30. The van der Waals surface area contributed by atoms with Gasteiger partial charge in [-0.15, -0.1) is 0 Å². The van der Waals surface area contributed by atoms with Gasteiger partial charge in [0.2, 0.25) is 5.91 Å². The van der Waals surface area contributed by atoms with Crippen molar-refractivity contribution in [2.24, 2.45) is 0 Å². The van der Waals surface area contributed by atoms with Crippen LogP contribution in [0.4, 0.5) is 10.1 Å². The molecule has 146 valence electrons. The molecule has 1 aromatic heterocycles. The number of hydrogen-bond acceptors (Lipinski definition) is 5. The van der Waals surface area contributed by atoms with Crippen LogP contribution in [0, 0.1) is 10.7 Å². The molecule has 1 amide bonds. The van der Waals surface area contributed by atoms with E-state index in [1.807, 2.05) is 28.8 Å². The van der Waals surface area contributed by atoms with Crippen LogP contribution in [0.2, 0.25) is 0 Å². The van der Waals surface area contributed by atoms with E-state index in [0.29, 0.717) is 23.7 Å². The number of oxazole rings is 1. The second kappa shape index (κ2) is 8.22. The van der Waals surface area contributed by atoms with Crippen LogP contribution in [0.25, 0.3) is 11.1 Å². The number of rotatable bonds is 5. The quantitative estimate of drug-likeness (QED) is 0.666. The number of carbonyl (C=O) groups excluding carboxylic acids is 1. The minimum atomic E-state index is -0.320. The number of nitrogens with one attached hydrogen (secondary N) is 1. The second-order valence-electron chi connectivity index (χ2n) is 6.85. The lowest BCUT2D eigenvalue weighted by atomic mass is 10.3. The number of piperazine rings is 1. The lowest BCUT2D eigenvalue weighted by molar-refractivity contribution is -0.117. The number of aromatic nitrogens is 1. The number of carbonyl (C=O) groups is 1. The zero-order valence-corrected chi connectivity index (χ0v) is 16.1. The number of para-hydroxylation sites is 2. The molecule has 2 heterocycles. The molecule has 2 aromatic carbocycles. The van der Waals surface area contributed by atoms with Gasteiger partial charge < -0.3 is 9.73 Å². The van der Waals surface area contributed by atoms with E-state index in [9.17, 15) is 9.18 Å². The van der Waals surface area contributed by atoms with Crippen LogP contribution >= 0.6 is 12.2 Å². The summed E-state index contributed by atoms with van der Waals surface area (Å²) in [6, 6.07) is 13.6. The van der Waals surface area contributed by atoms with Gasteiger partial charge in [-0.3, -0.25) is 19.2 Å². The minimum Gasteiger partial charge on any atom is -0.429 e. The molecule has 1 N–H and O–H groups in total. The third-order valence-corrected chi connectivity index (χ3v) is 5.18. The molecular weight excluding hydrogens is 379 g/mol. The van der Waals surface area contributed by atoms with Crippen molar-refractivity contribution in [1.29, 1.82) is 0 Å². The number of benzene rings is 2. The van der Waals surface area contributed by atoms with E-state index in [4.69, 9.17) is 16.6 Å². The molecule has 8 heteroatoms. The highest BCUT2D eigenvalue weighted by atomic mass is 32.1. The molecule has 1 saturated heterocycles. The van der Waals surface area contributed by atoms with E-state index in [-0.39, 0.29) is 11.7 Å². The summed E-state index contributed by atoms with van der Waals surface area (Å²) in [6.45, 7) is 4.25. The van der Waals surface area contributed by atoms with E-state index >= 15 is 0 Å². The fourth-order valence-electron chi connectivity index (χ4n) is 3.37. The van der Waals surface area contributed by atoms with Crippen LogP contribution in [-0.2, 0) is 11.5 Å². The van der Waals surface area contributed by atoms with Gasteiger partial charge in [-0.05, 0) is 48.6 Å². The predicted octanol–water partition coefficient (Wildman–Crippen LogP) is 3.32. The zero-order valence-electron chi connectivity index (χ0n) is 15.3. The average molecular weight is 400 g/mol. The molecule has 0 atom stereocenters. The highest BCUT2D eigenvalue weighted by molar-refractivity contribution is 7.71. The molecule has 28 heavy (non-hydrogen) atoms. The summed E-state index contributed by atoms with van der Waals surface area (Å²) in [5, 5.41) is 2.80. The largest absolute Gasteiger partial charge is 0.429 e. The minimum absolute atomic E-state index is 0.0943. The first-order valence-electron chi connectivity index (χ1n) is 9.17. The van der Waals surface area contributed by atoms with Crippen LogP contribution in [0.3, 0.4) is 0 Å². The highest BCUT2D eigenvalue weighted by Crippen LogP contribution is 2.18. The number of amides is 1. The lowest BCUT2D eigenvalue weighted by Gasteiger charge is -2.34. The predicted molar refractivity (Wildman–Crippen MR) is 108 cm³/mol. The summed E-state index contributed by atoms with van der Waals surface area (Å²) in [7, 11) is 0. The molecule has 0 bridgehead atoms.